The number of amides is 1. The molecule has 2 rings (SSSR count). The Morgan fingerprint density at radius 2 is 2.08 bits per heavy atom. The number of nitrogens with zero attached hydrogens (tertiary/aromatic N) is 2. The van der Waals surface area contributed by atoms with Crippen molar-refractivity contribution in [3.8, 4) is 0 Å². The van der Waals surface area contributed by atoms with Crippen LogP contribution in [0.25, 0.3) is 0 Å². The van der Waals surface area contributed by atoms with E-state index in [9.17, 15) is 9.59 Å². The van der Waals surface area contributed by atoms with Crippen LogP contribution in [0.5, 0.6) is 0 Å². The van der Waals surface area contributed by atoms with E-state index < -0.39 is 18.0 Å². The molecule has 0 radical (unpaired) electrons. The van der Waals surface area contributed by atoms with Crippen LogP contribution in [0.4, 0.5) is 5.69 Å². The SMILES string of the molecule is CCCCn1nc(C)c(C(=O)O[C@H](C)C(=O)Nc2cccc(Cl)c2)c1Cl. The minimum atomic E-state index is -1.00. The van der Waals surface area contributed by atoms with Crippen molar-refractivity contribution in [3.63, 3.8) is 0 Å². The third-order valence-electron chi connectivity index (χ3n) is 3.74. The smallest absolute Gasteiger partial charge is 0.343 e. The fourth-order valence-corrected chi connectivity index (χ4v) is 2.85. The van der Waals surface area contributed by atoms with Gasteiger partial charge < -0.3 is 10.1 Å². The number of aryl methyl sites for hydroxylation is 2. The summed E-state index contributed by atoms with van der Waals surface area (Å²) in [5, 5.41) is 7.63. The summed E-state index contributed by atoms with van der Waals surface area (Å²) in [6.45, 7) is 5.85. The molecule has 0 aliphatic carbocycles. The highest BCUT2D eigenvalue weighted by molar-refractivity contribution is 6.32. The number of carbonyl (C=O) groups is 2. The molecule has 0 unspecified atom stereocenters. The molecule has 6 nitrogen and oxygen atoms in total. The highest BCUT2D eigenvalue weighted by Crippen LogP contribution is 2.22. The fourth-order valence-electron chi connectivity index (χ4n) is 2.32. The second-order valence-electron chi connectivity index (χ2n) is 5.88. The molecule has 0 fully saturated rings. The quantitative estimate of drug-likeness (QED) is 0.698. The van der Waals surface area contributed by atoms with Crippen molar-refractivity contribution in [1.29, 1.82) is 0 Å². The predicted octanol–water partition coefficient (Wildman–Crippen LogP) is 4.48. The van der Waals surface area contributed by atoms with Gasteiger partial charge in [0.05, 0.1) is 5.69 Å². The van der Waals surface area contributed by atoms with Gasteiger partial charge in [0.15, 0.2) is 6.10 Å². The molecule has 1 heterocycles. The minimum Gasteiger partial charge on any atom is -0.449 e. The second-order valence-corrected chi connectivity index (χ2v) is 6.67. The highest BCUT2D eigenvalue weighted by Gasteiger charge is 2.25. The van der Waals surface area contributed by atoms with Crippen molar-refractivity contribution in [1.82, 2.24) is 9.78 Å². The summed E-state index contributed by atoms with van der Waals surface area (Å²) in [6.07, 6.45) is 0.875. The third-order valence-corrected chi connectivity index (χ3v) is 4.36. The first-order valence-electron chi connectivity index (χ1n) is 8.33. The molecule has 0 aliphatic rings. The van der Waals surface area contributed by atoms with Crippen molar-refractivity contribution in [3.05, 3.63) is 45.7 Å². The van der Waals surface area contributed by atoms with Gasteiger partial charge in [-0.2, -0.15) is 5.10 Å². The van der Waals surface area contributed by atoms with Crippen molar-refractivity contribution in [2.45, 2.75) is 46.3 Å². The number of anilines is 1. The molecule has 0 saturated carbocycles. The summed E-state index contributed by atoms with van der Waals surface area (Å²) in [6, 6.07) is 6.70. The van der Waals surface area contributed by atoms with Crippen molar-refractivity contribution < 1.29 is 14.3 Å². The topological polar surface area (TPSA) is 73.2 Å². The van der Waals surface area contributed by atoms with Crippen molar-refractivity contribution in [2.75, 3.05) is 5.32 Å². The highest BCUT2D eigenvalue weighted by atomic mass is 35.5. The maximum Gasteiger partial charge on any atom is 0.343 e. The third kappa shape index (κ3) is 4.99. The zero-order valence-electron chi connectivity index (χ0n) is 14.9. The summed E-state index contributed by atoms with van der Waals surface area (Å²) in [7, 11) is 0. The van der Waals surface area contributed by atoms with Gasteiger partial charge in [0.1, 0.15) is 10.7 Å². The molecule has 1 N–H and O–H groups in total. The molecule has 0 aliphatic heterocycles. The number of nitrogens with one attached hydrogen (secondary N) is 1. The van der Waals surface area contributed by atoms with Gasteiger partial charge in [-0.1, -0.05) is 42.6 Å². The summed E-state index contributed by atoms with van der Waals surface area (Å²) in [5.41, 5.74) is 1.18. The minimum absolute atomic E-state index is 0.185. The van der Waals surface area contributed by atoms with E-state index in [1.54, 1.807) is 35.9 Å². The Balaban J connectivity index is 2.04. The lowest BCUT2D eigenvalue weighted by Crippen LogP contribution is -2.30. The number of esters is 1. The maximum absolute atomic E-state index is 12.4. The number of aromatic nitrogens is 2. The molecule has 140 valence electrons. The maximum atomic E-state index is 12.4. The first-order valence-corrected chi connectivity index (χ1v) is 9.09. The van der Waals surface area contributed by atoms with Gasteiger partial charge in [0.2, 0.25) is 0 Å². The lowest BCUT2D eigenvalue weighted by molar-refractivity contribution is -0.123. The van der Waals surface area contributed by atoms with Gasteiger partial charge in [-0.3, -0.25) is 9.48 Å². The number of ether oxygens (including phenoxy) is 1. The Labute approximate surface area is 162 Å². The summed E-state index contributed by atoms with van der Waals surface area (Å²) < 4.78 is 6.84. The van der Waals surface area contributed by atoms with E-state index in [-0.39, 0.29) is 10.7 Å². The number of hydrogen-bond donors (Lipinski definition) is 1. The monoisotopic (exact) mass is 397 g/mol. The van der Waals surface area contributed by atoms with Gasteiger partial charge in [0.25, 0.3) is 5.91 Å². The average molecular weight is 398 g/mol. The van der Waals surface area contributed by atoms with Gasteiger partial charge in [-0.05, 0) is 38.5 Å². The van der Waals surface area contributed by atoms with Crippen molar-refractivity contribution in [2.24, 2.45) is 0 Å². The molecule has 26 heavy (non-hydrogen) atoms. The van der Waals surface area contributed by atoms with Gasteiger partial charge in [0, 0.05) is 17.3 Å². The largest absolute Gasteiger partial charge is 0.449 e. The first kappa shape index (κ1) is 20.3. The second kappa shape index (κ2) is 9.05. The molecular weight excluding hydrogens is 377 g/mol. The zero-order valence-corrected chi connectivity index (χ0v) is 16.4. The van der Waals surface area contributed by atoms with E-state index in [1.807, 2.05) is 0 Å². The van der Waals surface area contributed by atoms with Crippen LogP contribution >= 0.6 is 23.2 Å². The number of hydrogen-bond acceptors (Lipinski definition) is 4. The number of unbranched alkanes of at least 4 members (excludes halogenated alkanes) is 1. The molecular formula is C18H21Cl2N3O3. The van der Waals surface area contributed by atoms with Crippen LogP contribution in [0.2, 0.25) is 10.2 Å². The Kier molecular flexibility index (Phi) is 7.06. The van der Waals surface area contributed by atoms with Crippen molar-refractivity contribution >= 4 is 40.8 Å². The van der Waals surface area contributed by atoms with E-state index in [0.29, 0.717) is 22.9 Å². The fraction of sp³-hybridized carbons (Fsp3) is 0.389. The summed E-state index contributed by atoms with van der Waals surface area (Å²) in [5.74, 6) is -1.14. The zero-order chi connectivity index (χ0) is 19.3. The first-order chi connectivity index (χ1) is 12.3. The predicted molar refractivity (Wildman–Crippen MR) is 102 cm³/mol. The molecule has 0 saturated heterocycles. The van der Waals surface area contributed by atoms with E-state index in [4.69, 9.17) is 27.9 Å². The Morgan fingerprint density at radius 1 is 1.35 bits per heavy atom. The van der Waals surface area contributed by atoms with E-state index in [2.05, 4.69) is 17.3 Å². The van der Waals surface area contributed by atoms with E-state index >= 15 is 0 Å². The molecule has 0 bridgehead atoms. The Bertz CT molecular complexity index is 805. The normalized spacial score (nSPS) is 11.9. The van der Waals surface area contributed by atoms with Crippen LogP contribution in [0, 0.1) is 6.92 Å². The summed E-state index contributed by atoms with van der Waals surface area (Å²) >= 11 is 12.1. The molecule has 8 heteroatoms. The van der Waals surface area contributed by atoms with Crippen LogP contribution in [0.1, 0.15) is 42.7 Å². The number of rotatable bonds is 7. The van der Waals surface area contributed by atoms with Crippen LogP contribution in [-0.4, -0.2) is 27.8 Å². The van der Waals surface area contributed by atoms with E-state index in [0.717, 1.165) is 12.8 Å². The number of carbonyl (C=O) groups excluding carboxylic acids is 2. The van der Waals surface area contributed by atoms with Crippen LogP contribution < -0.4 is 5.32 Å². The molecule has 0 spiro atoms. The standard InChI is InChI=1S/C18H21Cl2N3O3/c1-4-5-9-23-16(20)15(11(2)22-23)18(25)26-12(3)17(24)21-14-8-6-7-13(19)10-14/h6-8,10,12H,4-5,9H2,1-3H3,(H,21,24)/t12-/m1/s1. The summed E-state index contributed by atoms with van der Waals surface area (Å²) in [4.78, 5) is 24.7. The van der Waals surface area contributed by atoms with Gasteiger partial charge in [-0.15, -0.1) is 0 Å². The lowest BCUT2D eigenvalue weighted by Gasteiger charge is -2.13. The molecule has 1 atom stereocenters. The molecule has 1 aromatic carbocycles. The Hall–Kier alpha value is -2.05. The van der Waals surface area contributed by atoms with Gasteiger partial charge in [-0.25, -0.2) is 4.79 Å². The average Bonchev–Trinajstić information content (AvgIpc) is 2.86. The molecule has 2 aromatic rings. The van der Waals surface area contributed by atoms with Crippen LogP contribution in [0.3, 0.4) is 0 Å². The molecule has 1 aromatic heterocycles. The van der Waals surface area contributed by atoms with Crippen LogP contribution in [-0.2, 0) is 16.1 Å². The van der Waals surface area contributed by atoms with Crippen LogP contribution in [0.15, 0.2) is 24.3 Å². The lowest BCUT2D eigenvalue weighted by atomic mass is 10.2. The van der Waals surface area contributed by atoms with Gasteiger partial charge >= 0.3 is 5.97 Å². The molecule has 1 amide bonds. The number of halogens is 2. The number of benzene rings is 1. The van der Waals surface area contributed by atoms with E-state index in [1.165, 1.54) is 6.92 Å². The Morgan fingerprint density at radius 3 is 2.73 bits per heavy atom.